The molecule has 0 aliphatic carbocycles. The number of halogens is 3. The number of hydrogen-bond donors (Lipinski definition) is 1. The first-order chi connectivity index (χ1) is 14.4. The van der Waals surface area contributed by atoms with Crippen molar-refractivity contribution in [3.05, 3.63) is 64.7 Å². The van der Waals surface area contributed by atoms with Crippen molar-refractivity contribution in [3.63, 3.8) is 0 Å². The van der Waals surface area contributed by atoms with Crippen LogP contribution in [0.15, 0.2) is 48.5 Å². The predicted octanol–water partition coefficient (Wildman–Crippen LogP) is 3.94. The predicted molar refractivity (Wildman–Crippen MR) is 113 cm³/mol. The fraction of sp³-hybridized carbons (Fsp3) is 0.409. The van der Waals surface area contributed by atoms with Gasteiger partial charge in [-0.05, 0) is 36.2 Å². The van der Waals surface area contributed by atoms with Gasteiger partial charge in [-0.3, -0.25) is 14.6 Å². The van der Waals surface area contributed by atoms with E-state index in [0.717, 1.165) is 42.3 Å². The second kappa shape index (κ2) is 10.7. The Morgan fingerprint density at radius 3 is 2.40 bits per heavy atom. The molecule has 1 N–H and O–H groups in total. The van der Waals surface area contributed by atoms with Crippen molar-refractivity contribution in [3.8, 4) is 5.75 Å². The normalized spacial score (nSPS) is 16.4. The van der Waals surface area contributed by atoms with Crippen molar-refractivity contribution in [2.45, 2.75) is 26.1 Å². The van der Waals surface area contributed by atoms with E-state index in [2.05, 4.69) is 32.8 Å². The standard InChI is InChI=1S/C22H26ClF2N3O2/c1-16(19-4-2-3-5-20(19)23)28-12-10-27(11-13-28)15-21(29)26-14-17-6-8-18(9-7-17)30-22(24)25/h2-9,16,22H,10-15H2,1H3,(H,26,29). The van der Waals surface area contributed by atoms with Crippen LogP contribution in [0.1, 0.15) is 24.1 Å². The fourth-order valence-electron chi connectivity index (χ4n) is 3.57. The first-order valence-corrected chi connectivity index (χ1v) is 10.3. The molecule has 1 aliphatic rings. The van der Waals surface area contributed by atoms with E-state index in [-0.39, 0.29) is 17.7 Å². The van der Waals surface area contributed by atoms with E-state index >= 15 is 0 Å². The summed E-state index contributed by atoms with van der Waals surface area (Å²) in [4.78, 5) is 16.8. The second-order valence-electron chi connectivity index (χ2n) is 7.31. The highest BCUT2D eigenvalue weighted by Gasteiger charge is 2.24. The van der Waals surface area contributed by atoms with E-state index in [1.807, 2.05) is 18.2 Å². The Hall–Kier alpha value is -2.22. The Kier molecular flexibility index (Phi) is 8.01. The summed E-state index contributed by atoms with van der Waals surface area (Å²) in [7, 11) is 0. The molecule has 1 atom stereocenters. The molecule has 1 saturated heterocycles. The summed E-state index contributed by atoms with van der Waals surface area (Å²) in [6, 6.07) is 14.4. The average molecular weight is 438 g/mol. The van der Waals surface area contributed by atoms with E-state index < -0.39 is 6.61 Å². The third-order valence-electron chi connectivity index (χ3n) is 5.32. The van der Waals surface area contributed by atoms with Gasteiger partial charge in [0.15, 0.2) is 0 Å². The van der Waals surface area contributed by atoms with E-state index in [1.54, 1.807) is 12.1 Å². The Labute approximate surface area is 180 Å². The Bertz CT molecular complexity index is 827. The molecule has 0 bridgehead atoms. The molecule has 1 fully saturated rings. The quantitative estimate of drug-likeness (QED) is 0.679. The van der Waals surface area contributed by atoms with Crippen molar-refractivity contribution >= 4 is 17.5 Å². The molecule has 2 aromatic carbocycles. The maximum Gasteiger partial charge on any atom is 0.387 e. The van der Waals surface area contributed by atoms with Gasteiger partial charge in [-0.25, -0.2) is 0 Å². The number of ether oxygens (including phenoxy) is 1. The van der Waals surface area contributed by atoms with Crippen molar-refractivity contribution in [2.24, 2.45) is 0 Å². The van der Waals surface area contributed by atoms with E-state index in [0.29, 0.717) is 13.1 Å². The summed E-state index contributed by atoms with van der Waals surface area (Å²) < 4.78 is 28.7. The lowest BCUT2D eigenvalue weighted by Crippen LogP contribution is -2.49. The van der Waals surface area contributed by atoms with Crippen LogP contribution in [-0.4, -0.2) is 55.0 Å². The van der Waals surface area contributed by atoms with Crippen LogP contribution >= 0.6 is 11.6 Å². The number of carbonyl (C=O) groups excluding carboxylic acids is 1. The number of piperazine rings is 1. The van der Waals surface area contributed by atoms with Crippen molar-refractivity contribution in [2.75, 3.05) is 32.7 Å². The molecule has 3 rings (SSSR count). The summed E-state index contributed by atoms with van der Waals surface area (Å²) in [5.41, 5.74) is 1.94. The van der Waals surface area contributed by atoms with Crippen molar-refractivity contribution in [1.82, 2.24) is 15.1 Å². The van der Waals surface area contributed by atoms with E-state index in [1.165, 1.54) is 12.1 Å². The number of alkyl halides is 2. The lowest BCUT2D eigenvalue weighted by molar-refractivity contribution is -0.122. The third kappa shape index (κ3) is 6.39. The highest BCUT2D eigenvalue weighted by atomic mass is 35.5. The number of hydrogen-bond acceptors (Lipinski definition) is 4. The van der Waals surface area contributed by atoms with Gasteiger partial charge in [0.05, 0.1) is 6.54 Å². The SMILES string of the molecule is CC(c1ccccc1Cl)N1CCN(CC(=O)NCc2ccc(OC(F)F)cc2)CC1. The first kappa shape index (κ1) is 22.5. The molecule has 1 aliphatic heterocycles. The summed E-state index contributed by atoms with van der Waals surface area (Å²) >= 11 is 6.32. The molecule has 0 aromatic heterocycles. The van der Waals surface area contributed by atoms with Gasteiger partial charge >= 0.3 is 6.61 Å². The van der Waals surface area contributed by atoms with Crippen LogP contribution in [0.3, 0.4) is 0 Å². The van der Waals surface area contributed by atoms with Crippen LogP contribution in [-0.2, 0) is 11.3 Å². The summed E-state index contributed by atoms with van der Waals surface area (Å²) in [5.74, 6) is 0.0412. The number of nitrogens with zero attached hydrogens (tertiary/aromatic N) is 2. The molecule has 30 heavy (non-hydrogen) atoms. The van der Waals surface area contributed by atoms with Gasteiger partial charge in [0.2, 0.25) is 5.91 Å². The minimum atomic E-state index is -2.84. The Morgan fingerprint density at radius 1 is 1.10 bits per heavy atom. The fourth-order valence-corrected chi connectivity index (χ4v) is 3.86. The molecule has 0 saturated carbocycles. The maximum absolute atomic E-state index is 12.3. The summed E-state index contributed by atoms with van der Waals surface area (Å²) in [5, 5.41) is 3.65. The largest absolute Gasteiger partial charge is 0.435 e. The van der Waals surface area contributed by atoms with Crippen LogP contribution in [0.5, 0.6) is 5.75 Å². The van der Waals surface area contributed by atoms with Crippen molar-refractivity contribution in [1.29, 1.82) is 0 Å². The van der Waals surface area contributed by atoms with Crippen LogP contribution in [0.4, 0.5) is 8.78 Å². The molecule has 5 nitrogen and oxygen atoms in total. The lowest BCUT2D eigenvalue weighted by Gasteiger charge is -2.38. The average Bonchev–Trinajstić information content (AvgIpc) is 2.73. The van der Waals surface area contributed by atoms with Gasteiger partial charge in [0, 0.05) is 43.8 Å². The minimum Gasteiger partial charge on any atom is -0.435 e. The molecule has 0 spiro atoms. The second-order valence-corrected chi connectivity index (χ2v) is 7.72. The maximum atomic E-state index is 12.3. The molecule has 0 radical (unpaired) electrons. The minimum absolute atomic E-state index is 0.0597. The Morgan fingerprint density at radius 2 is 1.77 bits per heavy atom. The van der Waals surface area contributed by atoms with Crippen LogP contribution in [0, 0.1) is 0 Å². The van der Waals surface area contributed by atoms with Crippen LogP contribution in [0.25, 0.3) is 0 Å². The zero-order valence-electron chi connectivity index (χ0n) is 16.9. The van der Waals surface area contributed by atoms with Crippen LogP contribution < -0.4 is 10.1 Å². The van der Waals surface area contributed by atoms with Gasteiger partial charge in [-0.15, -0.1) is 0 Å². The Balaban J connectivity index is 1.40. The smallest absolute Gasteiger partial charge is 0.387 e. The topological polar surface area (TPSA) is 44.8 Å². The number of benzene rings is 2. The number of nitrogens with one attached hydrogen (secondary N) is 1. The van der Waals surface area contributed by atoms with Gasteiger partial charge in [0.25, 0.3) is 0 Å². The van der Waals surface area contributed by atoms with Gasteiger partial charge < -0.3 is 10.1 Å². The zero-order chi connectivity index (χ0) is 21.5. The van der Waals surface area contributed by atoms with Gasteiger partial charge in [0.1, 0.15) is 5.75 Å². The van der Waals surface area contributed by atoms with E-state index in [9.17, 15) is 13.6 Å². The molecule has 1 unspecified atom stereocenters. The molecule has 8 heteroatoms. The summed E-state index contributed by atoms with van der Waals surface area (Å²) in [6.45, 7) is 3.34. The highest BCUT2D eigenvalue weighted by Crippen LogP contribution is 2.27. The molecular formula is C22H26ClF2N3O2. The van der Waals surface area contributed by atoms with Crippen LogP contribution in [0.2, 0.25) is 5.02 Å². The molecular weight excluding hydrogens is 412 g/mol. The number of amides is 1. The van der Waals surface area contributed by atoms with Crippen molar-refractivity contribution < 1.29 is 18.3 Å². The van der Waals surface area contributed by atoms with Gasteiger partial charge in [-0.2, -0.15) is 8.78 Å². The molecule has 1 amide bonds. The monoisotopic (exact) mass is 437 g/mol. The summed E-state index contributed by atoms with van der Waals surface area (Å²) in [6.07, 6.45) is 0. The number of carbonyl (C=O) groups is 1. The highest BCUT2D eigenvalue weighted by molar-refractivity contribution is 6.31. The van der Waals surface area contributed by atoms with Gasteiger partial charge in [-0.1, -0.05) is 41.9 Å². The molecule has 2 aromatic rings. The number of rotatable bonds is 8. The third-order valence-corrected chi connectivity index (χ3v) is 5.66. The lowest BCUT2D eigenvalue weighted by atomic mass is 10.1. The van der Waals surface area contributed by atoms with E-state index in [4.69, 9.17) is 11.6 Å². The zero-order valence-corrected chi connectivity index (χ0v) is 17.6. The first-order valence-electron chi connectivity index (χ1n) is 9.93. The molecule has 162 valence electrons. The molecule has 1 heterocycles.